The van der Waals surface area contributed by atoms with Crippen LogP contribution in [0.2, 0.25) is 0 Å². The molecule has 0 aromatic heterocycles. The predicted molar refractivity (Wildman–Crippen MR) is 45.3 cm³/mol. The van der Waals surface area contributed by atoms with E-state index in [0.717, 1.165) is 35.7 Å². The van der Waals surface area contributed by atoms with Gasteiger partial charge in [0.2, 0.25) is 0 Å². The van der Waals surface area contributed by atoms with Gasteiger partial charge in [0.1, 0.15) is 0 Å². The SMILES string of the molecule is O=[As](O)(O)SC1CCCCC1. The first-order chi connectivity index (χ1) is 5.08. The zero-order valence-corrected chi connectivity index (χ0v) is 8.96. The molecule has 0 radical (unpaired) electrons. The minimum atomic E-state index is -4.39. The third kappa shape index (κ3) is 4.26. The third-order valence-electron chi connectivity index (χ3n) is 1.84. The molecule has 1 rings (SSSR count). The molecule has 0 aromatic carbocycles. The molecule has 0 saturated heterocycles. The van der Waals surface area contributed by atoms with Crippen LogP contribution >= 0.6 is 10.0 Å². The summed E-state index contributed by atoms with van der Waals surface area (Å²) in [7, 11) is 0.905. The van der Waals surface area contributed by atoms with Gasteiger partial charge in [-0.05, 0) is 0 Å². The summed E-state index contributed by atoms with van der Waals surface area (Å²) < 4.78 is 28.0. The van der Waals surface area contributed by atoms with Gasteiger partial charge in [0.15, 0.2) is 0 Å². The zero-order chi connectivity index (χ0) is 8.32. The molecule has 0 heterocycles. The van der Waals surface area contributed by atoms with E-state index >= 15 is 0 Å². The van der Waals surface area contributed by atoms with E-state index in [1.165, 1.54) is 6.42 Å². The van der Waals surface area contributed by atoms with Crippen LogP contribution in [0.3, 0.4) is 0 Å². The molecule has 0 unspecified atom stereocenters. The first-order valence-electron chi connectivity index (χ1n) is 3.82. The van der Waals surface area contributed by atoms with E-state index in [1.54, 1.807) is 0 Å². The maximum atomic E-state index is 10.6. The Balaban J connectivity index is 2.30. The van der Waals surface area contributed by atoms with Crippen LogP contribution in [0.15, 0.2) is 0 Å². The Morgan fingerprint density at radius 1 is 1.18 bits per heavy atom. The topological polar surface area (TPSA) is 57.5 Å². The number of hydrogen-bond donors (Lipinski definition) is 2. The molecule has 0 amide bonds. The van der Waals surface area contributed by atoms with Crippen molar-refractivity contribution >= 4 is 23.0 Å². The number of rotatable bonds is 2. The molecule has 1 fully saturated rings. The average Bonchev–Trinajstić information content (AvgIpc) is 1.85. The van der Waals surface area contributed by atoms with Crippen molar-refractivity contribution in [3.8, 4) is 0 Å². The molecule has 3 nitrogen and oxygen atoms in total. The van der Waals surface area contributed by atoms with E-state index in [0.29, 0.717) is 0 Å². The van der Waals surface area contributed by atoms with Gasteiger partial charge in [0, 0.05) is 0 Å². The fourth-order valence-corrected chi connectivity index (χ4v) is 6.07. The summed E-state index contributed by atoms with van der Waals surface area (Å²) in [6.45, 7) is 0. The normalized spacial score (nSPS) is 22.0. The minimum absolute atomic E-state index is 0.226. The summed E-state index contributed by atoms with van der Waals surface area (Å²) in [4.78, 5) is 0. The summed E-state index contributed by atoms with van der Waals surface area (Å²) in [6.07, 6.45) is 5.46. The molecular weight excluding hydrogens is 227 g/mol. The standard InChI is InChI=1S/C6H13AsO3S/c8-7(9,10)11-6-4-2-1-3-5-6/h6H,1-5H2,(H2,8,9,10). The quantitative estimate of drug-likeness (QED) is 0.704. The predicted octanol–water partition coefficient (Wildman–Crippen LogP) is 0.903. The Hall–Kier alpha value is 0.628. The molecule has 0 aromatic rings. The van der Waals surface area contributed by atoms with E-state index in [4.69, 9.17) is 8.19 Å². The van der Waals surface area contributed by atoms with Crippen LogP contribution in [0, 0.1) is 0 Å². The van der Waals surface area contributed by atoms with Gasteiger partial charge in [0.05, 0.1) is 0 Å². The molecule has 2 N–H and O–H groups in total. The molecule has 0 spiro atoms. The molecule has 1 aliphatic rings. The molecule has 0 aliphatic heterocycles. The fourth-order valence-electron chi connectivity index (χ4n) is 1.36. The summed E-state index contributed by atoms with van der Waals surface area (Å²) in [5, 5.41) is 0.226. The van der Waals surface area contributed by atoms with Gasteiger partial charge in [-0.15, -0.1) is 0 Å². The Morgan fingerprint density at radius 3 is 2.18 bits per heavy atom. The van der Waals surface area contributed by atoms with Crippen LogP contribution in [0.4, 0.5) is 0 Å². The van der Waals surface area contributed by atoms with Gasteiger partial charge >= 0.3 is 72.3 Å². The Morgan fingerprint density at radius 2 is 1.73 bits per heavy atom. The molecular formula is C6H13AsO3S. The second-order valence-corrected chi connectivity index (χ2v) is 9.59. The summed E-state index contributed by atoms with van der Waals surface area (Å²) in [6, 6.07) is 0. The molecule has 66 valence electrons. The van der Waals surface area contributed by atoms with Crippen molar-refractivity contribution in [2.75, 3.05) is 0 Å². The maximum absolute atomic E-state index is 10.6. The summed E-state index contributed by atoms with van der Waals surface area (Å²) >= 11 is -4.39. The Bertz CT molecular complexity index is 161. The monoisotopic (exact) mass is 240 g/mol. The van der Waals surface area contributed by atoms with Gasteiger partial charge in [-0.2, -0.15) is 0 Å². The molecule has 0 atom stereocenters. The van der Waals surface area contributed by atoms with E-state index in [9.17, 15) is 3.74 Å². The molecule has 1 aliphatic carbocycles. The molecule has 0 bridgehead atoms. The van der Waals surface area contributed by atoms with E-state index in [2.05, 4.69) is 0 Å². The van der Waals surface area contributed by atoms with Gasteiger partial charge in [-0.1, -0.05) is 0 Å². The van der Waals surface area contributed by atoms with Crippen LogP contribution in [0.25, 0.3) is 0 Å². The molecule has 5 heteroatoms. The van der Waals surface area contributed by atoms with Crippen molar-refractivity contribution in [2.24, 2.45) is 0 Å². The Kier molecular flexibility index (Phi) is 3.56. The van der Waals surface area contributed by atoms with Gasteiger partial charge in [-0.25, -0.2) is 0 Å². The average molecular weight is 240 g/mol. The summed E-state index contributed by atoms with van der Waals surface area (Å²) in [5.74, 6) is 0. The third-order valence-corrected chi connectivity index (χ3v) is 6.49. The van der Waals surface area contributed by atoms with Crippen molar-refractivity contribution in [1.82, 2.24) is 0 Å². The summed E-state index contributed by atoms with van der Waals surface area (Å²) in [5.41, 5.74) is 0. The van der Waals surface area contributed by atoms with Crippen LogP contribution in [0.1, 0.15) is 32.1 Å². The van der Waals surface area contributed by atoms with E-state index < -0.39 is 13.0 Å². The van der Waals surface area contributed by atoms with E-state index in [-0.39, 0.29) is 5.25 Å². The van der Waals surface area contributed by atoms with E-state index in [1.807, 2.05) is 0 Å². The molecule has 11 heavy (non-hydrogen) atoms. The fraction of sp³-hybridized carbons (Fsp3) is 1.00. The van der Waals surface area contributed by atoms with Crippen molar-refractivity contribution in [3.05, 3.63) is 0 Å². The second kappa shape index (κ2) is 4.03. The molecule has 1 saturated carbocycles. The van der Waals surface area contributed by atoms with Gasteiger partial charge in [-0.3, -0.25) is 0 Å². The van der Waals surface area contributed by atoms with Crippen molar-refractivity contribution in [2.45, 2.75) is 37.4 Å². The van der Waals surface area contributed by atoms with Crippen molar-refractivity contribution in [1.29, 1.82) is 0 Å². The second-order valence-electron chi connectivity index (χ2n) is 2.86. The van der Waals surface area contributed by atoms with Gasteiger partial charge < -0.3 is 0 Å². The van der Waals surface area contributed by atoms with Crippen LogP contribution < -0.4 is 0 Å². The van der Waals surface area contributed by atoms with Crippen LogP contribution in [-0.2, 0) is 3.74 Å². The first-order valence-corrected chi connectivity index (χ1v) is 9.40. The Labute approximate surface area is 72.6 Å². The zero-order valence-electron chi connectivity index (χ0n) is 6.27. The first kappa shape index (κ1) is 9.71. The number of hydrogen-bond acceptors (Lipinski definition) is 2. The van der Waals surface area contributed by atoms with Crippen LogP contribution in [0.5, 0.6) is 0 Å². The van der Waals surface area contributed by atoms with Crippen molar-refractivity contribution in [3.63, 3.8) is 0 Å². The van der Waals surface area contributed by atoms with Crippen molar-refractivity contribution < 1.29 is 11.9 Å². The van der Waals surface area contributed by atoms with Gasteiger partial charge in [0.25, 0.3) is 0 Å². The van der Waals surface area contributed by atoms with Crippen LogP contribution in [-0.4, -0.2) is 26.5 Å².